The molecule has 0 aromatic rings. The van der Waals surface area contributed by atoms with Gasteiger partial charge in [-0.1, -0.05) is 0 Å². The molecule has 0 radical (unpaired) electrons. The fraction of sp³-hybridized carbons (Fsp3) is 1.00. The van der Waals surface area contributed by atoms with E-state index in [1.807, 2.05) is 0 Å². The number of ether oxygens (including phenoxy) is 2. The third-order valence-electron chi connectivity index (χ3n) is 2.08. The molecule has 96 valence electrons. The van der Waals surface area contributed by atoms with E-state index >= 15 is 0 Å². The predicted molar refractivity (Wildman–Crippen MR) is 50.5 cm³/mol. The maximum absolute atomic E-state index is 12.8. The van der Waals surface area contributed by atoms with Crippen LogP contribution in [0, 0.1) is 0 Å². The van der Waals surface area contributed by atoms with Gasteiger partial charge in [-0.2, -0.15) is 17.6 Å². The Labute approximate surface area is 104 Å². The summed E-state index contributed by atoms with van der Waals surface area (Å²) in [6.45, 7) is -0.00990. The first-order chi connectivity index (χ1) is 7.14. The van der Waals surface area contributed by atoms with Crippen molar-refractivity contribution in [2.45, 2.75) is 29.1 Å². The highest BCUT2D eigenvalue weighted by Crippen LogP contribution is 2.57. The number of hydrogen-bond donors (Lipinski definition) is 0. The van der Waals surface area contributed by atoms with Crippen LogP contribution in [0.4, 0.5) is 17.6 Å². The third-order valence-corrected chi connectivity index (χ3v) is 2.85. The van der Waals surface area contributed by atoms with E-state index in [0.29, 0.717) is 0 Å². The van der Waals surface area contributed by atoms with Crippen molar-refractivity contribution in [1.82, 2.24) is 0 Å². The molecule has 1 atom stereocenters. The maximum atomic E-state index is 12.8. The summed E-state index contributed by atoms with van der Waals surface area (Å²) in [5.74, 6) is 0.0847. The van der Waals surface area contributed by atoms with Crippen LogP contribution in [0.25, 0.3) is 0 Å². The second-order valence-electron chi connectivity index (χ2n) is 3.13. The molecule has 0 aliphatic carbocycles. The Hall–Kier alpha value is 0.510. The summed E-state index contributed by atoms with van der Waals surface area (Å²) in [5, 5.41) is -8.59. The van der Waals surface area contributed by atoms with Gasteiger partial charge >= 0.3 is 10.8 Å². The molecule has 0 spiro atoms. The van der Waals surface area contributed by atoms with E-state index in [0.717, 1.165) is 0 Å². The molecule has 0 aromatic heterocycles. The smallest absolute Gasteiger partial charge is 0.351 e. The molecule has 0 amide bonds. The van der Waals surface area contributed by atoms with Gasteiger partial charge in [0.1, 0.15) is 0 Å². The highest BCUT2D eigenvalue weighted by atomic mass is 35.5. The number of alkyl halides is 7. The van der Waals surface area contributed by atoms with Crippen molar-refractivity contribution in [3.63, 3.8) is 0 Å². The monoisotopic (exact) mass is 304 g/mol. The predicted octanol–water partition coefficient (Wildman–Crippen LogP) is 3.39. The molecule has 16 heavy (non-hydrogen) atoms. The third kappa shape index (κ3) is 2.51. The van der Waals surface area contributed by atoms with Gasteiger partial charge in [0.25, 0.3) is 0 Å². The van der Waals surface area contributed by atoms with E-state index in [-0.39, 0.29) is 12.5 Å². The first-order valence-electron chi connectivity index (χ1n) is 4.13. The van der Waals surface area contributed by atoms with Crippen molar-refractivity contribution in [2.75, 3.05) is 12.5 Å². The van der Waals surface area contributed by atoms with Crippen LogP contribution in [0.3, 0.4) is 0 Å². The first-order valence-corrected chi connectivity index (χ1v) is 5.42. The molecule has 1 aliphatic heterocycles. The van der Waals surface area contributed by atoms with E-state index in [2.05, 4.69) is 27.9 Å². The van der Waals surface area contributed by atoms with Gasteiger partial charge in [0.15, 0.2) is 6.29 Å². The topological polar surface area (TPSA) is 18.5 Å². The summed E-state index contributed by atoms with van der Waals surface area (Å²) in [7, 11) is 0. The molecule has 0 N–H and O–H groups in total. The van der Waals surface area contributed by atoms with E-state index in [1.54, 1.807) is 0 Å². The van der Waals surface area contributed by atoms with Gasteiger partial charge < -0.3 is 9.47 Å². The van der Waals surface area contributed by atoms with Crippen molar-refractivity contribution in [3.05, 3.63) is 0 Å². The number of hydrogen-bond acceptors (Lipinski definition) is 2. The lowest BCUT2D eigenvalue weighted by Gasteiger charge is -2.50. The molecule has 1 rings (SSSR count). The highest BCUT2D eigenvalue weighted by molar-refractivity contribution is 6.26. The minimum atomic E-state index is -4.29. The van der Waals surface area contributed by atoms with Crippen LogP contribution < -0.4 is 0 Å². The van der Waals surface area contributed by atoms with E-state index in [1.165, 1.54) is 0 Å². The van der Waals surface area contributed by atoms with Gasteiger partial charge in [0.05, 0.1) is 6.61 Å². The lowest BCUT2D eigenvalue weighted by Crippen LogP contribution is -2.68. The van der Waals surface area contributed by atoms with Crippen LogP contribution >= 0.6 is 34.8 Å². The molecular weight excluding hydrogens is 298 g/mol. The summed E-state index contributed by atoms with van der Waals surface area (Å²) >= 11 is 14.4. The summed E-state index contributed by atoms with van der Waals surface area (Å²) in [6, 6.07) is 0. The van der Waals surface area contributed by atoms with Gasteiger partial charge in [0, 0.05) is 12.3 Å². The molecule has 9 heteroatoms. The minimum Gasteiger partial charge on any atom is -0.351 e. The second kappa shape index (κ2) is 4.65. The summed E-state index contributed by atoms with van der Waals surface area (Å²) in [6.07, 6.45) is -2.01. The zero-order valence-electron chi connectivity index (χ0n) is 7.66. The van der Waals surface area contributed by atoms with Gasteiger partial charge in [-0.05, 0) is 23.2 Å². The maximum Gasteiger partial charge on any atom is 0.357 e. The fourth-order valence-electron chi connectivity index (χ4n) is 1.24. The lowest BCUT2D eigenvalue weighted by molar-refractivity contribution is -0.389. The van der Waals surface area contributed by atoms with Crippen molar-refractivity contribution >= 4 is 34.8 Å². The quantitative estimate of drug-likeness (QED) is 0.572. The van der Waals surface area contributed by atoms with Gasteiger partial charge in [-0.15, -0.1) is 11.6 Å². The molecule has 1 aliphatic rings. The van der Waals surface area contributed by atoms with Crippen molar-refractivity contribution in [3.8, 4) is 0 Å². The Morgan fingerprint density at radius 3 is 2.00 bits per heavy atom. The average Bonchev–Trinajstić information content (AvgIpc) is 1.96. The van der Waals surface area contributed by atoms with Crippen LogP contribution in [-0.2, 0) is 9.47 Å². The molecule has 2 nitrogen and oxygen atoms in total. The fourth-order valence-corrected chi connectivity index (χ4v) is 1.86. The van der Waals surface area contributed by atoms with Gasteiger partial charge in [-0.3, -0.25) is 0 Å². The van der Waals surface area contributed by atoms with Crippen molar-refractivity contribution < 1.29 is 27.0 Å². The van der Waals surface area contributed by atoms with Crippen LogP contribution in [-0.4, -0.2) is 35.1 Å². The zero-order chi connectivity index (χ0) is 12.6. The Bertz CT molecular complexity index is 231. The minimum absolute atomic E-state index is 0.00990. The molecule has 0 aromatic carbocycles. The molecule has 0 bridgehead atoms. The Morgan fingerprint density at radius 2 is 1.69 bits per heavy atom. The van der Waals surface area contributed by atoms with Gasteiger partial charge in [-0.25, -0.2) is 0 Å². The van der Waals surface area contributed by atoms with Crippen molar-refractivity contribution in [2.24, 2.45) is 0 Å². The zero-order valence-corrected chi connectivity index (χ0v) is 9.93. The normalized spacial score (nSPS) is 25.3. The first kappa shape index (κ1) is 14.6. The lowest BCUT2D eigenvalue weighted by atomic mass is 9.93. The summed E-state index contributed by atoms with van der Waals surface area (Å²) in [5.41, 5.74) is -3.24. The molecule has 1 fully saturated rings. The van der Waals surface area contributed by atoms with E-state index < -0.39 is 29.1 Å². The Kier molecular flexibility index (Phi) is 4.23. The number of halogens is 7. The van der Waals surface area contributed by atoms with E-state index in [4.69, 9.17) is 16.3 Å². The summed E-state index contributed by atoms with van der Waals surface area (Å²) in [4.78, 5) is 0. The SMILES string of the molecule is FC(F)(Cl)C1(C(F)(F)Cl)CC(OCCCl)O1. The van der Waals surface area contributed by atoms with Crippen LogP contribution in [0.15, 0.2) is 0 Å². The molecule has 0 saturated carbocycles. The van der Waals surface area contributed by atoms with Crippen LogP contribution in [0.5, 0.6) is 0 Å². The van der Waals surface area contributed by atoms with Crippen molar-refractivity contribution in [1.29, 1.82) is 0 Å². The van der Waals surface area contributed by atoms with Crippen LogP contribution in [0.2, 0.25) is 0 Å². The molecular formula is C7H7Cl3F4O2. The highest BCUT2D eigenvalue weighted by Gasteiger charge is 2.75. The Balaban J connectivity index is 2.68. The average molecular weight is 305 g/mol. The summed E-state index contributed by atoms with van der Waals surface area (Å²) < 4.78 is 60.3. The molecule has 1 saturated heterocycles. The van der Waals surface area contributed by atoms with Crippen LogP contribution in [0.1, 0.15) is 6.42 Å². The standard InChI is InChI=1S/C7H7Cl3F4O2/c8-1-2-15-4-3-5(16-4,6(9,11)12)7(10,13)14/h4H,1-3H2. The largest absolute Gasteiger partial charge is 0.357 e. The van der Waals surface area contributed by atoms with E-state index in [9.17, 15) is 17.6 Å². The second-order valence-corrected chi connectivity index (χ2v) is 4.46. The molecule has 1 heterocycles. The van der Waals surface area contributed by atoms with Gasteiger partial charge in [0.2, 0.25) is 5.60 Å². The molecule has 1 unspecified atom stereocenters. The Morgan fingerprint density at radius 1 is 1.25 bits per heavy atom. The number of rotatable bonds is 5.